The Kier molecular flexibility index (Phi) is 16.7. The van der Waals surface area contributed by atoms with Gasteiger partial charge >= 0.3 is 14.2 Å². The van der Waals surface area contributed by atoms with Crippen molar-refractivity contribution in [3.63, 3.8) is 0 Å². The minimum absolute atomic E-state index is 0.462. The van der Waals surface area contributed by atoms with Crippen molar-refractivity contribution in [1.29, 1.82) is 0 Å². The van der Waals surface area contributed by atoms with Crippen molar-refractivity contribution in [3.05, 3.63) is 47.5 Å². The fourth-order valence-electron chi connectivity index (χ4n) is 7.31. The molecule has 318 valence electrons. The Bertz CT molecular complexity index is 1400. The number of hydrogen-bond acceptors (Lipinski definition) is 12. The van der Waals surface area contributed by atoms with Gasteiger partial charge in [-0.15, -0.1) is 0 Å². The van der Waals surface area contributed by atoms with Crippen molar-refractivity contribution in [3.8, 4) is 11.1 Å². The Labute approximate surface area is 342 Å². The number of hydrogen-bond donors (Lipinski definition) is 0. The summed E-state index contributed by atoms with van der Waals surface area (Å²) in [6.07, 6.45) is 1.43. The number of rotatable bonds is 26. The maximum Gasteiger partial charge on any atom is 0.494 e. The van der Waals surface area contributed by atoms with Gasteiger partial charge in [0.25, 0.3) is 0 Å². The predicted molar refractivity (Wildman–Crippen MR) is 222 cm³/mol. The number of methoxy groups -OCH3 is 2. The van der Waals surface area contributed by atoms with Gasteiger partial charge in [0.05, 0.1) is 102 Å². The molecule has 2 saturated heterocycles. The maximum atomic E-state index is 6.56. The molecule has 2 heterocycles. The molecule has 2 aromatic carbocycles. The zero-order chi connectivity index (χ0) is 41.2. The van der Waals surface area contributed by atoms with Gasteiger partial charge in [0, 0.05) is 32.8 Å². The van der Waals surface area contributed by atoms with E-state index in [0.29, 0.717) is 105 Å². The molecule has 12 nitrogen and oxygen atoms in total. The number of ether oxygens (including phenoxy) is 8. The lowest BCUT2D eigenvalue weighted by Gasteiger charge is -2.33. The minimum atomic E-state index is -0.499. The lowest BCUT2D eigenvalue weighted by Crippen LogP contribution is -2.41. The standard InChI is InChI=1S/C43H68B2O12/c1-39(2)40(3,4)55-44(54-39)33-11-13-35-36-14-12-34(45-56-41(5,6)42(7,8)57-45)32-38(36)43(37(35)31-33,15-17-48-23-25-52-29-27-50-21-19-46-9)16-18-49-24-26-53-30-28-51-22-20-47-10/h11-14,31-32H,15-30H2,1-10H3. The van der Waals surface area contributed by atoms with Crippen molar-refractivity contribution in [2.24, 2.45) is 0 Å². The number of fused-ring (bicyclic) bond motifs is 3. The van der Waals surface area contributed by atoms with Crippen molar-refractivity contribution < 1.29 is 56.5 Å². The Hall–Kier alpha value is -1.91. The number of benzene rings is 2. The molecule has 0 amide bonds. The molecule has 2 aromatic rings. The van der Waals surface area contributed by atoms with E-state index in [2.05, 4.69) is 91.8 Å². The van der Waals surface area contributed by atoms with Gasteiger partial charge in [-0.25, -0.2) is 0 Å². The highest BCUT2D eigenvalue weighted by Gasteiger charge is 2.54. The summed E-state index contributed by atoms with van der Waals surface area (Å²) in [7, 11) is 2.32. The van der Waals surface area contributed by atoms with Gasteiger partial charge < -0.3 is 56.5 Å². The van der Waals surface area contributed by atoms with E-state index in [1.165, 1.54) is 22.3 Å². The monoisotopic (exact) mass is 798 g/mol. The summed E-state index contributed by atoms with van der Waals surface area (Å²) in [5, 5.41) is 0. The average molecular weight is 799 g/mol. The topological polar surface area (TPSA) is 111 Å². The van der Waals surface area contributed by atoms with Gasteiger partial charge in [0.2, 0.25) is 0 Å². The van der Waals surface area contributed by atoms with Crippen molar-refractivity contribution in [2.45, 2.75) is 96.1 Å². The van der Waals surface area contributed by atoms with Crippen LogP contribution >= 0.6 is 0 Å². The summed E-state index contributed by atoms with van der Waals surface area (Å²) in [4.78, 5) is 0. The molecule has 0 unspecified atom stereocenters. The SMILES string of the molecule is COCCOCCOCCOCCC1(CCOCCOCCOCCOC)c2cc(B3OC(C)(C)C(C)(C)O3)ccc2-c2ccc(B3OC(C)(C)C(C)(C)O3)cc21. The van der Waals surface area contributed by atoms with Crippen LogP contribution in [-0.2, 0) is 61.9 Å². The fourth-order valence-corrected chi connectivity index (χ4v) is 7.31. The first kappa shape index (κ1) is 46.2. The zero-order valence-electron chi connectivity index (χ0n) is 36.3. The van der Waals surface area contributed by atoms with Crippen LogP contribution in [0.2, 0.25) is 0 Å². The summed E-state index contributed by atoms with van der Waals surface area (Å²) in [6, 6.07) is 13.3. The van der Waals surface area contributed by atoms with Crippen LogP contribution in [0.4, 0.5) is 0 Å². The quantitative estimate of drug-likeness (QED) is 0.0971. The van der Waals surface area contributed by atoms with Crippen molar-refractivity contribution in [1.82, 2.24) is 0 Å². The van der Waals surface area contributed by atoms with E-state index in [1.807, 2.05) is 0 Å². The second-order valence-corrected chi connectivity index (χ2v) is 17.0. The second kappa shape index (κ2) is 20.6. The van der Waals surface area contributed by atoms with Gasteiger partial charge in [-0.3, -0.25) is 0 Å². The molecule has 5 rings (SSSR count). The van der Waals surface area contributed by atoms with Crippen LogP contribution in [0.5, 0.6) is 0 Å². The summed E-state index contributed by atoms with van der Waals surface area (Å²) < 4.78 is 71.6. The molecule has 0 N–H and O–H groups in total. The van der Waals surface area contributed by atoms with Crippen LogP contribution < -0.4 is 10.9 Å². The average Bonchev–Trinajstić information content (AvgIpc) is 3.66. The van der Waals surface area contributed by atoms with Gasteiger partial charge in [-0.2, -0.15) is 0 Å². The first-order chi connectivity index (χ1) is 27.2. The molecule has 0 aromatic heterocycles. The first-order valence-electron chi connectivity index (χ1n) is 20.6. The third-order valence-corrected chi connectivity index (χ3v) is 12.2. The van der Waals surface area contributed by atoms with Gasteiger partial charge in [0.1, 0.15) is 0 Å². The smallest absolute Gasteiger partial charge is 0.399 e. The Morgan fingerprint density at radius 2 is 0.684 bits per heavy atom. The van der Waals surface area contributed by atoms with E-state index in [9.17, 15) is 0 Å². The highest BCUT2D eigenvalue weighted by Crippen LogP contribution is 2.53. The van der Waals surface area contributed by atoms with E-state index >= 15 is 0 Å². The fraction of sp³-hybridized carbons (Fsp3) is 0.721. The molecule has 0 atom stereocenters. The van der Waals surface area contributed by atoms with E-state index in [0.717, 1.165) is 10.9 Å². The van der Waals surface area contributed by atoms with Crippen LogP contribution in [0, 0.1) is 0 Å². The molecule has 2 fully saturated rings. The molecule has 2 aliphatic heterocycles. The summed E-state index contributed by atoms with van der Waals surface area (Å²) >= 11 is 0. The molecular formula is C43H68B2O12. The molecular weight excluding hydrogens is 730 g/mol. The van der Waals surface area contributed by atoms with Gasteiger partial charge in [0.15, 0.2) is 0 Å². The summed E-state index contributed by atoms with van der Waals surface area (Å²) in [6.45, 7) is 23.9. The van der Waals surface area contributed by atoms with Crippen molar-refractivity contribution >= 4 is 25.2 Å². The minimum Gasteiger partial charge on any atom is -0.399 e. The molecule has 1 aliphatic carbocycles. The molecule has 0 saturated carbocycles. The van der Waals surface area contributed by atoms with Crippen LogP contribution in [0.1, 0.15) is 79.4 Å². The van der Waals surface area contributed by atoms with Crippen LogP contribution in [-0.4, -0.2) is 143 Å². The lowest BCUT2D eigenvalue weighted by molar-refractivity contribution is -0.00194. The third kappa shape index (κ3) is 11.3. The van der Waals surface area contributed by atoms with Gasteiger partial charge in [-0.05, 0) is 101 Å². The molecule has 14 heteroatoms. The van der Waals surface area contributed by atoms with E-state index < -0.39 is 42.1 Å². The summed E-state index contributed by atoms with van der Waals surface area (Å²) in [5.41, 5.74) is 4.42. The van der Waals surface area contributed by atoms with E-state index in [-0.39, 0.29) is 0 Å². The Morgan fingerprint density at radius 3 is 0.982 bits per heavy atom. The predicted octanol–water partition coefficient (Wildman–Crippen LogP) is 4.72. The summed E-state index contributed by atoms with van der Waals surface area (Å²) in [5.74, 6) is 0. The molecule has 57 heavy (non-hydrogen) atoms. The second-order valence-electron chi connectivity index (χ2n) is 17.0. The normalized spacial score (nSPS) is 19.7. The van der Waals surface area contributed by atoms with E-state index in [1.54, 1.807) is 14.2 Å². The van der Waals surface area contributed by atoms with Crippen LogP contribution in [0.25, 0.3) is 11.1 Å². The highest BCUT2D eigenvalue weighted by atomic mass is 16.7. The van der Waals surface area contributed by atoms with Crippen molar-refractivity contribution in [2.75, 3.05) is 107 Å². The van der Waals surface area contributed by atoms with Gasteiger partial charge in [-0.1, -0.05) is 36.4 Å². The Balaban J connectivity index is 1.39. The largest absolute Gasteiger partial charge is 0.494 e. The third-order valence-electron chi connectivity index (χ3n) is 12.2. The highest BCUT2D eigenvalue weighted by molar-refractivity contribution is 6.62. The van der Waals surface area contributed by atoms with Crippen LogP contribution in [0.15, 0.2) is 36.4 Å². The molecule has 0 radical (unpaired) electrons. The maximum absolute atomic E-state index is 6.56. The molecule has 0 bridgehead atoms. The first-order valence-corrected chi connectivity index (χ1v) is 20.6. The Morgan fingerprint density at radius 1 is 0.404 bits per heavy atom. The van der Waals surface area contributed by atoms with E-state index in [4.69, 9.17) is 56.5 Å². The molecule has 0 spiro atoms. The lowest BCUT2D eigenvalue weighted by atomic mass is 9.68. The molecule has 3 aliphatic rings. The van der Waals surface area contributed by atoms with Crippen LogP contribution in [0.3, 0.4) is 0 Å². The zero-order valence-corrected chi connectivity index (χ0v) is 36.3.